The Balaban J connectivity index is 2.22. The molecule has 0 saturated carbocycles. The first kappa shape index (κ1) is 8.02. The summed E-state index contributed by atoms with van der Waals surface area (Å²) in [7, 11) is 1.77. The molecule has 2 heteroatoms. The van der Waals surface area contributed by atoms with Crippen LogP contribution in [-0.2, 0) is 4.74 Å². The van der Waals surface area contributed by atoms with E-state index in [0.29, 0.717) is 5.41 Å². The van der Waals surface area contributed by atoms with Crippen molar-refractivity contribution in [3.63, 3.8) is 0 Å². The average Bonchev–Trinajstić information content (AvgIpc) is 2.33. The molecule has 1 rings (SSSR count). The Morgan fingerprint density at radius 3 is 2.90 bits per heavy atom. The SMILES string of the molecule is COCCC1(C)CCNC1. The summed E-state index contributed by atoms with van der Waals surface area (Å²) in [6.07, 6.45) is 2.49. The minimum Gasteiger partial charge on any atom is -0.385 e. The second kappa shape index (κ2) is 3.35. The molecule has 10 heavy (non-hydrogen) atoms. The summed E-state index contributed by atoms with van der Waals surface area (Å²) in [5, 5.41) is 3.37. The van der Waals surface area contributed by atoms with Crippen molar-refractivity contribution in [1.29, 1.82) is 0 Å². The van der Waals surface area contributed by atoms with Crippen LogP contribution in [0.5, 0.6) is 0 Å². The van der Waals surface area contributed by atoms with Gasteiger partial charge in [-0.15, -0.1) is 0 Å². The van der Waals surface area contributed by atoms with E-state index in [9.17, 15) is 0 Å². The third kappa shape index (κ3) is 1.96. The van der Waals surface area contributed by atoms with E-state index in [1.165, 1.54) is 19.4 Å². The maximum atomic E-state index is 5.04. The zero-order chi connectivity index (χ0) is 7.45. The Morgan fingerprint density at radius 1 is 1.60 bits per heavy atom. The van der Waals surface area contributed by atoms with Crippen molar-refractivity contribution in [3.8, 4) is 0 Å². The number of ether oxygens (including phenoxy) is 1. The van der Waals surface area contributed by atoms with Gasteiger partial charge < -0.3 is 10.1 Å². The van der Waals surface area contributed by atoms with Gasteiger partial charge in [-0.25, -0.2) is 0 Å². The molecule has 0 spiro atoms. The molecule has 60 valence electrons. The number of rotatable bonds is 3. The monoisotopic (exact) mass is 143 g/mol. The van der Waals surface area contributed by atoms with Gasteiger partial charge in [0.15, 0.2) is 0 Å². The van der Waals surface area contributed by atoms with E-state index in [2.05, 4.69) is 12.2 Å². The second-order valence-corrected chi connectivity index (χ2v) is 3.48. The van der Waals surface area contributed by atoms with Crippen molar-refractivity contribution in [1.82, 2.24) is 5.32 Å². The molecule has 0 aromatic carbocycles. The summed E-state index contributed by atoms with van der Waals surface area (Å²) in [5.41, 5.74) is 0.510. The van der Waals surface area contributed by atoms with Gasteiger partial charge in [-0.05, 0) is 24.8 Å². The van der Waals surface area contributed by atoms with Crippen molar-refractivity contribution in [2.45, 2.75) is 19.8 Å². The molecule has 1 aliphatic rings. The van der Waals surface area contributed by atoms with Gasteiger partial charge in [0.1, 0.15) is 0 Å². The Hall–Kier alpha value is -0.0800. The predicted octanol–water partition coefficient (Wildman–Crippen LogP) is 1.02. The standard InChI is InChI=1S/C8H17NO/c1-8(4-6-10-2)3-5-9-7-8/h9H,3-7H2,1-2H3. The normalized spacial score (nSPS) is 33.0. The minimum atomic E-state index is 0.510. The van der Waals surface area contributed by atoms with E-state index >= 15 is 0 Å². The van der Waals surface area contributed by atoms with Crippen LogP contribution in [0.3, 0.4) is 0 Å². The van der Waals surface area contributed by atoms with Gasteiger partial charge in [-0.3, -0.25) is 0 Å². The molecule has 1 fully saturated rings. The molecule has 0 aromatic heterocycles. The first-order chi connectivity index (χ1) is 4.77. The molecule has 2 nitrogen and oxygen atoms in total. The zero-order valence-corrected chi connectivity index (χ0v) is 6.94. The molecule has 0 aromatic rings. The Kier molecular flexibility index (Phi) is 2.69. The molecule has 1 saturated heterocycles. The van der Waals surface area contributed by atoms with E-state index in [1.54, 1.807) is 7.11 Å². The summed E-state index contributed by atoms with van der Waals surface area (Å²) in [6, 6.07) is 0. The van der Waals surface area contributed by atoms with Crippen LogP contribution < -0.4 is 5.32 Å². The highest BCUT2D eigenvalue weighted by molar-refractivity contribution is 4.83. The van der Waals surface area contributed by atoms with Crippen LogP contribution in [0.2, 0.25) is 0 Å². The largest absolute Gasteiger partial charge is 0.385 e. The van der Waals surface area contributed by atoms with Gasteiger partial charge in [-0.2, -0.15) is 0 Å². The molecule has 1 atom stereocenters. The van der Waals surface area contributed by atoms with E-state index in [-0.39, 0.29) is 0 Å². The lowest BCUT2D eigenvalue weighted by Crippen LogP contribution is -2.21. The topological polar surface area (TPSA) is 21.3 Å². The molecule has 1 N–H and O–H groups in total. The van der Waals surface area contributed by atoms with E-state index < -0.39 is 0 Å². The first-order valence-electron chi connectivity index (χ1n) is 3.96. The van der Waals surface area contributed by atoms with Crippen LogP contribution in [0.25, 0.3) is 0 Å². The van der Waals surface area contributed by atoms with Crippen LogP contribution in [0.4, 0.5) is 0 Å². The number of hydrogen-bond acceptors (Lipinski definition) is 2. The highest BCUT2D eigenvalue weighted by Gasteiger charge is 2.27. The van der Waals surface area contributed by atoms with Gasteiger partial charge in [0.05, 0.1) is 0 Å². The van der Waals surface area contributed by atoms with Crippen molar-refractivity contribution < 1.29 is 4.74 Å². The fraction of sp³-hybridized carbons (Fsp3) is 1.00. The van der Waals surface area contributed by atoms with Gasteiger partial charge >= 0.3 is 0 Å². The maximum Gasteiger partial charge on any atom is 0.0467 e. The van der Waals surface area contributed by atoms with Crippen molar-refractivity contribution in [3.05, 3.63) is 0 Å². The van der Waals surface area contributed by atoms with E-state index in [4.69, 9.17) is 4.74 Å². The van der Waals surface area contributed by atoms with Gasteiger partial charge in [-0.1, -0.05) is 6.92 Å². The molecule has 0 aliphatic carbocycles. The smallest absolute Gasteiger partial charge is 0.0467 e. The highest BCUT2D eigenvalue weighted by Crippen LogP contribution is 2.27. The van der Waals surface area contributed by atoms with Crippen LogP contribution in [-0.4, -0.2) is 26.8 Å². The third-order valence-electron chi connectivity index (χ3n) is 2.37. The predicted molar refractivity (Wildman–Crippen MR) is 42.1 cm³/mol. The summed E-state index contributed by atoms with van der Waals surface area (Å²) >= 11 is 0. The lowest BCUT2D eigenvalue weighted by Gasteiger charge is -2.21. The average molecular weight is 143 g/mol. The molecule has 1 heterocycles. The Bertz CT molecular complexity index is 97.4. The fourth-order valence-electron chi connectivity index (χ4n) is 1.43. The summed E-state index contributed by atoms with van der Waals surface area (Å²) in [5.74, 6) is 0. The number of methoxy groups -OCH3 is 1. The van der Waals surface area contributed by atoms with E-state index in [0.717, 1.165) is 13.2 Å². The number of hydrogen-bond donors (Lipinski definition) is 1. The van der Waals surface area contributed by atoms with Crippen molar-refractivity contribution in [2.24, 2.45) is 5.41 Å². The van der Waals surface area contributed by atoms with Crippen LogP contribution in [0.15, 0.2) is 0 Å². The van der Waals surface area contributed by atoms with Crippen LogP contribution in [0.1, 0.15) is 19.8 Å². The number of nitrogens with one attached hydrogen (secondary N) is 1. The van der Waals surface area contributed by atoms with Crippen molar-refractivity contribution in [2.75, 3.05) is 26.8 Å². The molecular formula is C8H17NO. The van der Waals surface area contributed by atoms with Gasteiger partial charge in [0, 0.05) is 20.3 Å². The van der Waals surface area contributed by atoms with Crippen molar-refractivity contribution >= 4 is 0 Å². The fourth-order valence-corrected chi connectivity index (χ4v) is 1.43. The highest BCUT2D eigenvalue weighted by atomic mass is 16.5. The van der Waals surface area contributed by atoms with Crippen LogP contribution in [0, 0.1) is 5.41 Å². The molecule has 0 radical (unpaired) electrons. The Morgan fingerprint density at radius 2 is 2.40 bits per heavy atom. The summed E-state index contributed by atoms with van der Waals surface area (Å²) < 4.78 is 5.04. The molecule has 0 amide bonds. The summed E-state index contributed by atoms with van der Waals surface area (Å²) in [4.78, 5) is 0. The lowest BCUT2D eigenvalue weighted by atomic mass is 9.86. The molecule has 1 unspecified atom stereocenters. The quantitative estimate of drug-likeness (QED) is 0.637. The van der Waals surface area contributed by atoms with Crippen LogP contribution >= 0.6 is 0 Å². The van der Waals surface area contributed by atoms with Gasteiger partial charge in [0.25, 0.3) is 0 Å². The zero-order valence-electron chi connectivity index (χ0n) is 6.94. The second-order valence-electron chi connectivity index (χ2n) is 3.48. The lowest BCUT2D eigenvalue weighted by molar-refractivity contribution is 0.152. The van der Waals surface area contributed by atoms with E-state index in [1.807, 2.05) is 0 Å². The van der Waals surface area contributed by atoms with Gasteiger partial charge in [0.2, 0.25) is 0 Å². The maximum absolute atomic E-state index is 5.04. The third-order valence-corrected chi connectivity index (χ3v) is 2.37. The minimum absolute atomic E-state index is 0.510. The molecule has 1 aliphatic heterocycles. The molecule has 0 bridgehead atoms. The first-order valence-corrected chi connectivity index (χ1v) is 3.96. The molecular weight excluding hydrogens is 126 g/mol. The summed E-state index contributed by atoms with van der Waals surface area (Å²) in [6.45, 7) is 5.57. The Labute approximate surface area is 63.0 Å².